The van der Waals surface area contributed by atoms with Crippen molar-refractivity contribution in [3.05, 3.63) is 47.8 Å². The highest BCUT2D eigenvalue weighted by Crippen LogP contribution is 2.21. The average Bonchev–Trinajstić information content (AvgIpc) is 3.15. The molecular formula is C18H20N4O3. The molecule has 7 heteroatoms. The molecule has 1 amide bonds. The van der Waals surface area contributed by atoms with Crippen LogP contribution in [-0.2, 0) is 4.74 Å². The summed E-state index contributed by atoms with van der Waals surface area (Å²) in [6, 6.07) is 7.07. The lowest BCUT2D eigenvalue weighted by Gasteiger charge is -2.12. The summed E-state index contributed by atoms with van der Waals surface area (Å²) in [4.78, 5) is 32.5. The second kappa shape index (κ2) is 7.74. The van der Waals surface area contributed by atoms with Gasteiger partial charge in [-0.3, -0.25) is 4.79 Å². The predicted molar refractivity (Wildman–Crippen MR) is 93.6 cm³/mol. The number of nitrogens with zero attached hydrogens (tertiary/aromatic N) is 2. The molecule has 2 N–H and O–H groups in total. The number of esters is 1. The van der Waals surface area contributed by atoms with Gasteiger partial charge in [-0.15, -0.1) is 0 Å². The van der Waals surface area contributed by atoms with Gasteiger partial charge in [-0.2, -0.15) is 0 Å². The van der Waals surface area contributed by atoms with E-state index in [0.29, 0.717) is 28.8 Å². The molecular weight excluding hydrogens is 320 g/mol. The number of benzene rings is 1. The van der Waals surface area contributed by atoms with Crippen molar-refractivity contribution < 1.29 is 14.3 Å². The summed E-state index contributed by atoms with van der Waals surface area (Å²) in [5.74, 6) is -0.370. The molecule has 1 heterocycles. The molecule has 25 heavy (non-hydrogen) atoms. The van der Waals surface area contributed by atoms with Crippen LogP contribution in [0.3, 0.4) is 0 Å². The fourth-order valence-corrected chi connectivity index (χ4v) is 2.85. The number of ether oxygens (including phenoxy) is 1. The van der Waals surface area contributed by atoms with Gasteiger partial charge in [0.05, 0.1) is 23.9 Å². The Bertz CT molecular complexity index is 755. The third kappa shape index (κ3) is 4.12. The van der Waals surface area contributed by atoms with E-state index in [1.54, 1.807) is 24.3 Å². The predicted octanol–water partition coefficient (Wildman–Crippen LogP) is 2.87. The molecule has 1 aromatic carbocycles. The van der Waals surface area contributed by atoms with Crippen LogP contribution < -0.4 is 10.6 Å². The summed E-state index contributed by atoms with van der Waals surface area (Å²) in [6.07, 6.45) is 7.63. The van der Waals surface area contributed by atoms with Gasteiger partial charge in [0.25, 0.3) is 5.91 Å². The first kappa shape index (κ1) is 16.9. The van der Waals surface area contributed by atoms with Crippen molar-refractivity contribution in [1.29, 1.82) is 0 Å². The van der Waals surface area contributed by atoms with Crippen molar-refractivity contribution in [3.63, 3.8) is 0 Å². The van der Waals surface area contributed by atoms with E-state index in [-0.39, 0.29) is 5.91 Å². The Hall–Kier alpha value is -2.96. The lowest BCUT2D eigenvalue weighted by Crippen LogP contribution is -2.18. The van der Waals surface area contributed by atoms with Crippen LogP contribution in [0.5, 0.6) is 0 Å². The Morgan fingerprint density at radius 3 is 2.48 bits per heavy atom. The van der Waals surface area contributed by atoms with Crippen molar-refractivity contribution in [2.45, 2.75) is 31.7 Å². The largest absolute Gasteiger partial charge is 0.465 e. The molecule has 1 aromatic heterocycles. The van der Waals surface area contributed by atoms with E-state index in [1.165, 1.54) is 32.3 Å². The number of carbonyl (C=O) groups is 2. The molecule has 130 valence electrons. The number of aromatic nitrogens is 2. The molecule has 2 aromatic rings. The molecule has 0 spiro atoms. The van der Waals surface area contributed by atoms with Gasteiger partial charge in [0, 0.05) is 18.4 Å². The second-order valence-electron chi connectivity index (χ2n) is 5.91. The zero-order valence-electron chi connectivity index (χ0n) is 14.0. The first-order valence-corrected chi connectivity index (χ1v) is 8.24. The monoisotopic (exact) mass is 340 g/mol. The highest BCUT2D eigenvalue weighted by molar-refractivity contribution is 6.07. The van der Waals surface area contributed by atoms with Crippen molar-refractivity contribution in [2.24, 2.45) is 0 Å². The normalized spacial score (nSPS) is 14.1. The maximum Gasteiger partial charge on any atom is 0.339 e. The van der Waals surface area contributed by atoms with E-state index in [4.69, 9.17) is 4.74 Å². The summed E-state index contributed by atoms with van der Waals surface area (Å²) in [5, 5.41) is 5.97. The summed E-state index contributed by atoms with van der Waals surface area (Å²) in [6.45, 7) is 0. The number of methoxy groups -OCH3 is 1. The third-order valence-electron chi connectivity index (χ3n) is 4.18. The number of carbonyl (C=O) groups excluding carboxylic acids is 2. The summed E-state index contributed by atoms with van der Waals surface area (Å²) in [7, 11) is 1.30. The van der Waals surface area contributed by atoms with Gasteiger partial charge < -0.3 is 15.4 Å². The molecule has 1 fully saturated rings. The van der Waals surface area contributed by atoms with Crippen LogP contribution in [-0.4, -0.2) is 35.0 Å². The number of amides is 1. The van der Waals surface area contributed by atoms with E-state index in [9.17, 15) is 9.59 Å². The summed E-state index contributed by atoms with van der Waals surface area (Å²) < 4.78 is 4.72. The zero-order valence-corrected chi connectivity index (χ0v) is 14.0. The molecule has 0 radical (unpaired) electrons. The molecule has 0 bridgehead atoms. The van der Waals surface area contributed by atoms with Gasteiger partial charge in [0.1, 0.15) is 0 Å². The first-order valence-electron chi connectivity index (χ1n) is 8.24. The Labute approximate surface area is 145 Å². The van der Waals surface area contributed by atoms with Crippen LogP contribution >= 0.6 is 0 Å². The summed E-state index contributed by atoms with van der Waals surface area (Å²) >= 11 is 0. The summed E-state index contributed by atoms with van der Waals surface area (Å²) in [5.41, 5.74) is 0.989. The lowest BCUT2D eigenvalue weighted by atomic mass is 10.1. The highest BCUT2D eigenvalue weighted by Gasteiger charge is 2.17. The minimum absolute atomic E-state index is 0.291. The highest BCUT2D eigenvalue weighted by atomic mass is 16.5. The fraction of sp³-hybridized carbons (Fsp3) is 0.333. The number of rotatable bonds is 5. The van der Waals surface area contributed by atoms with Crippen LogP contribution in [0.4, 0.5) is 11.6 Å². The van der Waals surface area contributed by atoms with E-state index in [2.05, 4.69) is 20.6 Å². The van der Waals surface area contributed by atoms with E-state index in [1.807, 2.05) is 0 Å². The van der Waals surface area contributed by atoms with Crippen molar-refractivity contribution in [2.75, 3.05) is 17.7 Å². The third-order valence-corrected chi connectivity index (χ3v) is 4.18. The smallest absolute Gasteiger partial charge is 0.339 e. The van der Waals surface area contributed by atoms with Crippen LogP contribution in [0, 0.1) is 0 Å². The first-order chi connectivity index (χ1) is 12.2. The maximum atomic E-state index is 12.4. The molecule has 0 atom stereocenters. The van der Waals surface area contributed by atoms with Gasteiger partial charge in [-0.05, 0) is 25.0 Å². The van der Waals surface area contributed by atoms with Gasteiger partial charge >= 0.3 is 5.97 Å². The zero-order chi connectivity index (χ0) is 17.6. The molecule has 0 unspecified atom stereocenters. The SMILES string of the molecule is COC(=O)c1ccccc1NC(=O)c1cnc(NC2CCCC2)nc1. The average molecular weight is 340 g/mol. The van der Waals surface area contributed by atoms with Gasteiger partial charge in [-0.25, -0.2) is 14.8 Å². The van der Waals surface area contributed by atoms with Crippen molar-refractivity contribution in [1.82, 2.24) is 9.97 Å². The maximum absolute atomic E-state index is 12.4. The number of nitrogens with one attached hydrogen (secondary N) is 2. The van der Waals surface area contributed by atoms with E-state index in [0.717, 1.165) is 12.8 Å². The fourth-order valence-electron chi connectivity index (χ4n) is 2.85. The molecule has 1 aliphatic rings. The Morgan fingerprint density at radius 1 is 1.12 bits per heavy atom. The molecule has 0 saturated heterocycles. The quantitative estimate of drug-likeness (QED) is 0.813. The number of hydrogen-bond acceptors (Lipinski definition) is 6. The second-order valence-corrected chi connectivity index (χ2v) is 5.91. The number of anilines is 2. The molecule has 0 aliphatic heterocycles. The molecule has 7 nitrogen and oxygen atoms in total. The van der Waals surface area contributed by atoms with Crippen LogP contribution in [0.1, 0.15) is 46.4 Å². The Balaban J connectivity index is 1.68. The van der Waals surface area contributed by atoms with Crippen molar-refractivity contribution in [3.8, 4) is 0 Å². The standard InChI is InChI=1S/C18H20N4O3/c1-25-17(24)14-8-4-5-9-15(14)22-16(23)12-10-19-18(20-11-12)21-13-6-2-3-7-13/h4-5,8-11,13H,2-3,6-7H2,1H3,(H,22,23)(H,19,20,21). The topological polar surface area (TPSA) is 93.2 Å². The van der Waals surface area contributed by atoms with Crippen molar-refractivity contribution >= 4 is 23.5 Å². The van der Waals surface area contributed by atoms with E-state index >= 15 is 0 Å². The molecule has 3 rings (SSSR count). The van der Waals surface area contributed by atoms with E-state index < -0.39 is 5.97 Å². The molecule has 1 aliphatic carbocycles. The number of hydrogen-bond donors (Lipinski definition) is 2. The van der Waals surface area contributed by atoms with Crippen LogP contribution in [0.15, 0.2) is 36.7 Å². The minimum Gasteiger partial charge on any atom is -0.465 e. The molecule has 1 saturated carbocycles. The van der Waals surface area contributed by atoms with Gasteiger partial charge in [-0.1, -0.05) is 25.0 Å². The lowest BCUT2D eigenvalue weighted by molar-refractivity contribution is 0.0602. The van der Waals surface area contributed by atoms with Crippen LogP contribution in [0.2, 0.25) is 0 Å². The Morgan fingerprint density at radius 2 is 1.80 bits per heavy atom. The van der Waals surface area contributed by atoms with Crippen LogP contribution in [0.25, 0.3) is 0 Å². The number of para-hydroxylation sites is 1. The Kier molecular flexibility index (Phi) is 5.23. The minimum atomic E-state index is -0.511. The van der Waals surface area contributed by atoms with Gasteiger partial charge in [0.15, 0.2) is 0 Å². The van der Waals surface area contributed by atoms with Gasteiger partial charge in [0.2, 0.25) is 5.95 Å².